The second-order valence-electron chi connectivity index (χ2n) is 6.88. The number of carbonyl (C=O) groups excluding carboxylic acids is 1. The predicted octanol–water partition coefficient (Wildman–Crippen LogP) is 4.83. The van der Waals surface area contributed by atoms with Crippen LogP contribution >= 0.6 is 11.8 Å². The Morgan fingerprint density at radius 3 is 2.86 bits per heavy atom. The highest BCUT2D eigenvalue weighted by Crippen LogP contribution is 2.30. The first-order chi connectivity index (χ1) is 14.2. The zero-order valence-corrected chi connectivity index (χ0v) is 16.5. The molecule has 4 aromatic rings. The second kappa shape index (κ2) is 7.64. The number of aryl methyl sites for hydroxylation is 1. The van der Waals surface area contributed by atoms with E-state index in [0.29, 0.717) is 5.75 Å². The van der Waals surface area contributed by atoms with Crippen LogP contribution in [0, 0.1) is 0 Å². The monoisotopic (exact) mass is 401 g/mol. The van der Waals surface area contributed by atoms with Crippen molar-refractivity contribution in [3.8, 4) is 17.0 Å². The van der Waals surface area contributed by atoms with Crippen LogP contribution in [0.25, 0.3) is 22.0 Å². The number of anilines is 1. The third-order valence-electron chi connectivity index (χ3n) is 4.84. The molecule has 29 heavy (non-hydrogen) atoms. The van der Waals surface area contributed by atoms with E-state index in [1.54, 1.807) is 11.8 Å². The molecule has 5 nitrogen and oxygen atoms in total. The molecule has 1 aromatic heterocycles. The van der Waals surface area contributed by atoms with Gasteiger partial charge in [-0.3, -0.25) is 4.79 Å². The Morgan fingerprint density at radius 2 is 1.97 bits per heavy atom. The number of hydrogen-bond acceptors (Lipinski definition) is 4. The largest absolute Gasteiger partial charge is 0.484 e. The van der Waals surface area contributed by atoms with Crippen molar-refractivity contribution in [2.75, 3.05) is 17.7 Å². The van der Waals surface area contributed by atoms with E-state index < -0.39 is 0 Å². The lowest BCUT2D eigenvalue weighted by molar-refractivity contribution is -0.118. The van der Waals surface area contributed by atoms with E-state index in [1.807, 2.05) is 66.7 Å². The van der Waals surface area contributed by atoms with Gasteiger partial charge >= 0.3 is 0 Å². The molecule has 0 aliphatic carbocycles. The molecule has 3 aromatic carbocycles. The van der Waals surface area contributed by atoms with Gasteiger partial charge in [-0.25, -0.2) is 4.98 Å². The summed E-state index contributed by atoms with van der Waals surface area (Å²) in [6.45, 7) is 0.952. The number of aromatic nitrogens is 2. The smallest absolute Gasteiger partial charge is 0.262 e. The molecule has 1 aliphatic rings. The average Bonchev–Trinajstić information content (AvgIpc) is 3.35. The van der Waals surface area contributed by atoms with Gasteiger partial charge in [-0.1, -0.05) is 54.2 Å². The molecule has 0 unspecified atom stereocenters. The third kappa shape index (κ3) is 3.84. The van der Waals surface area contributed by atoms with Crippen molar-refractivity contribution in [3.05, 3.63) is 72.9 Å². The van der Waals surface area contributed by atoms with Crippen LogP contribution in [0.4, 0.5) is 5.69 Å². The van der Waals surface area contributed by atoms with Crippen molar-refractivity contribution in [2.24, 2.45) is 0 Å². The molecule has 0 fully saturated rings. The number of nitrogens with one attached hydrogen (secondary N) is 1. The first-order valence-corrected chi connectivity index (χ1v) is 10.4. The minimum absolute atomic E-state index is 0.0437. The molecule has 5 rings (SSSR count). The van der Waals surface area contributed by atoms with Crippen molar-refractivity contribution < 1.29 is 9.53 Å². The van der Waals surface area contributed by atoms with Crippen molar-refractivity contribution in [1.29, 1.82) is 0 Å². The van der Waals surface area contributed by atoms with Gasteiger partial charge in [0, 0.05) is 29.7 Å². The number of imidazole rings is 1. The SMILES string of the molecule is O=C(COc1ccc2ccccc2c1)Nc1cccc(-c2cn3c(n2)SCC3)c1. The van der Waals surface area contributed by atoms with Crippen LogP contribution in [0.2, 0.25) is 0 Å². The van der Waals surface area contributed by atoms with Crippen molar-refractivity contribution in [1.82, 2.24) is 9.55 Å². The van der Waals surface area contributed by atoms with E-state index in [2.05, 4.69) is 21.1 Å². The van der Waals surface area contributed by atoms with Crippen LogP contribution in [0.15, 0.2) is 78.1 Å². The summed E-state index contributed by atoms with van der Waals surface area (Å²) in [7, 11) is 0. The quantitative estimate of drug-likeness (QED) is 0.521. The number of amides is 1. The summed E-state index contributed by atoms with van der Waals surface area (Å²) in [5.41, 5.74) is 2.65. The van der Waals surface area contributed by atoms with E-state index >= 15 is 0 Å². The maximum atomic E-state index is 12.4. The van der Waals surface area contributed by atoms with Crippen LogP contribution in [0.3, 0.4) is 0 Å². The summed E-state index contributed by atoms with van der Waals surface area (Å²) in [4.78, 5) is 17.0. The number of thioether (sulfide) groups is 1. The summed E-state index contributed by atoms with van der Waals surface area (Å²) >= 11 is 1.77. The lowest BCUT2D eigenvalue weighted by Crippen LogP contribution is -2.20. The number of hydrogen-bond donors (Lipinski definition) is 1. The van der Waals surface area contributed by atoms with Crippen molar-refractivity contribution in [2.45, 2.75) is 11.7 Å². The fourth-order valence-electron chi connectivity index (χ4n) is 3.41. The van der Waals surface area contributed by atoms with Crippen LogP contribution in [-0.4, -0.2) is 27.8 Å². The van der Waals surface area contributed by atoms with Gasteiger partial charge < -0.3 is 14.6 Å². The van der Waals surface area contributed by atoms with E-state index in [0.717, 1.165) is 45.2 Å². The molecule has 144 valence electrons. The molecule has 0 atom stereocenters. The van der Waals surface area contributed by atoms with Crippen molar-refractivity contribution in [3.63, 3.8) is 0 Å². The Kier molecular flexibility index (Phi) is 4.69. The lowest BCUT2D eigenvalue weighted by atomic mass is 10.1. The van der Waals surface area contributed by atoms with Crippen LogP contribution in [0.5, 0.6) is 5.75 Å². The molecule has 2 heterocycles. The summed E-state index contributed by atoms with van der Waals surface area (Å²) in [6.07, 6.45) is 2.07. The zero-order valence-electron chi connectivity index (χ0n) is 15.7. The van der Waals surface area contributed by atoms with E-state index in [-0.39, 0.29) is 12.5 Å². The van der Waals surface area contributed by atoms with Crippen molar-refractivity contribution >= 4 is 34.1 Å². The minimum Gasteiger partial charge on any atom is -0.484 e. The fourth-order valence-corrected chi connectivity index (χ4v) is 4.35. The zero-order chi connectivity index (χ0) is 19.6. The summed E-state index contributed by atoms with van der Waals surface area (Å²) in [6, 6.07) is 21.6. The molecule has 1 aliphatic heterocycles. The fraction of sp³-hybridized carbons (Fsp3) is 0.130. The Hall–Kier alpha value is -3.25. The van der Waals surface area contributed by atoms with Gasteiger partial charge in [0.25, 0.3) is 5.91 Å². The standard InChI is InChI=1S/C23H19N3O2S/c27-22(15-28-20-9-8-16-4-1-2-5-17(16)13-20)24-19-7-3-6-18(12-19)21-14-26-10-11-29-23(26)25-21/h1-9,12-14H,10-11,15H2,(H,24,27). The number of benzene rings is 3. The van der Waals surface area contributed by atoms with Gasteiger partial charge in [0.2, 0.25) is 0 Å². The van der Waals surface area contributed by atoms with Gasteiger partial charge in [0.1, 0.15) is 5.75 Å². The molecule has 0 saturated carbocycles. The molecule has 1 N–H and O–H groups in total. The number of rotatable bonds is 5. The number of fused-ring (bicyclic) bond motifs is 2. The first-order valence-electron chi connectivity index (χ1n) is 9.46. The molecular weight excluding hydrogens is 382 g/mol. The van der Waals surface area contributed by atoms with Gasteiger partial charge in [-0.2, -0.15) is 0 Å². The average molecular weight is 401 g/mol. The maximum Gasteiger partial charge on any atom is 0.262 e. The van der Waals surface area contributed by atoms with Gasteiger partial charge in [0.15, 0.2) is 11.8 Å². The minimum atomic E-state index is -0.196. The molecule has 1 amide bonds. The van der Waals surface area contributed by atoms with E-state index in [4.69, 9.17) is 4.74 Å². The molecule has 0 bridgehead atoms. The Labute approximate surface area is 172 Å². The number of ether oxygens (including phenoxy) is 1. The van der Waals surface area contributed by atoms with Gasteiger partial charge in [-0.05, 0) is 35.0 Å². The van der Waals surface area contributed by atoms with Crippen LogP contribution in [-0.2, 0) is 11.3 Å². The second-order valence-corrected chi connectivity index (χ2v) is 7.94. The summed E-state index contributed by atoms with van der Waals surface area (Å²) in [5, 5.41) is 6.19. The highest BCUT2D eigenvalue weighted by atomic mass is 32.2. The summed E-state index contributed by atoms with van der Waals surface area (Å²) in [5.74, 6) is 1.56. The van der Waals surface area contributed by atoms with Crippen LogP contribution < -0.4 is 10.1 Å². The lowest BCUT2D eigenvalue weighted by Gasteiger charge is -2.09. The van der Waals surface area contributed by atoms with Gasteiger partial charge in [-0.15, -0.1) is 0 Å². The molecule has 0 spiro atoms. The molecule has 0 saturated heterocycles. The highest BCUT2D eigenvalue weighted by molar-refractivity contribution is 7.99. The summed E-state index contributed by atoms with van der Waals surface area (Å²) < 4.78 is 7.84. The Morgan fingerprint density at radius 1 is 1.07 bits per heavy atom. The maximum absolute atomic E-state index is 12.4. The number of carbonyl (C=O) groups is 1. The predicted molar refractivity (Wildman–Crippen MR) is 116 cm³/mol. The molecule has 6 heteroatoms. The Balaban J connectivity index is 1.24. The molecular formula is C23H19N3O2S. The normalized spacial score (nSPS) is 12.7. The number of nitrogens with zero attached hydrogens (tertiary/aromatic N) is 2. The Bertz CT molecular complexity index is 1180. The third-order valence-corrected chi connectivity index (χ3v) is 5.81. The first kappa shape index (κ1) is 17.8. The topological polar surface area (TPSA) is 56.1 Å². The molecule has 0 radical (unpaired) electrons. The van der Waals surface area contributed by atoms with Gasteiger partial charge in [0.05, 0.1) is 5.69 Å². The van der Waals surface area contributed by atoms with E-state index in [9.17, 15) is 4.79 Å². The van der Waals surface area contributed by atoms with Crippen LogP contribution in [0.1, 0.15) is 0 Å². The highest BCUT2D eigenvalue weighted by Gasteiger charge is 2.15. The van der Waals surface area contributed by atoms with E-state index in [1.165, 1.54) is 0 Å².